The van der Waals surface area contributed by atoms with E-state index in [-0.39, 0.29) is 31.0 Å². The second kappa shape index (κ2) is 16.1. The third-order valence-electron chi connectivity index (χ3n) is 4.67. The highest BCUT2D eigenvalue weighted by molar-refractivity contribution is 8.76. The number of benzene rings is 2. The lowest BCUT2D eigenvalue weighted by molar-refractivity contribution is -0.145. The van der Waals surface area contributed by atoms with Gasteiger partial charge < -0.3 is 15.8 Å². The average molecular weight is 493 g/mol. The standard InChI is InChI=1S/C24H32N2O3S3/c1-30-13-12-22(25)18-32-31-17-21(14-19-8-4-2-5-9-19)24(28)26-15-23(27)29-16-20-10-6-3-7-11-20/h2-11,21-22H,12-18,25H2,1H3,(H,26,28)/t21-,22+/m1/s1. The minimum absolute atomic E-state index is 0.131. The lowest BCUT2D eigenvalue weighted by Gasteiger charge is -2.17. The van der Waals surface area contributed by atoms with E-state index in [1.807, 2.05) is 60.7 Å². The van der Waals surface area contributed by atoms with Gasteiger partial charge in [0.2, 0.25) is 5.91 Å². The first kappa shape index (κ1) is 26.6. The molecule has 0 aliphatic rings. The van der Waals surface area contributed by atoms with Crippen LogP contribution in [0.5, 0.6) is 0 Å². The van der Waals surface area contributed by atoms with Gasteiger partial charge >= 0.3 is 5.97 Å². The number of carbonyl (C=O) groups is 2. The monoisotopic (exact) mass is 492 g/mol. The van der Waals surface area contributed by atoms with Crippen LogP contribution in [-0.4, -0.2) is 48.0 Å². The van der Waals surface area contributed by atoms with E-state index in [9.17, 15) is 9.59 Å². The summed E-state index contributed by atoms with van der Waals surface area (Å²) >= 11 is 1.80. The fraction of sp³-hybridized carbons (Fsp3) is 0.417. The van der Waals surface area contributed by atoms with E-state index in [2.05, 4.69) is 11.6 Å². The van der Waals surface area contributed by atoms with Crippen molar-refractivity contribution < 1.29 is 14.3 Å². The minimum atomic E-state index is -0.442. The number of nitrogens with two attached hydrogens (primary N) is 1. The number of ether oxygens (including phenoxy) is 1. The van der Waals surface area contributed by atoms with Gasteiger partial charge in [-0.1, -0.05) is 82.3 Å². The van der Waals surface area contributed by atoms with Crippen molar-refractivity contribution in [2.24, 2.45) is 11.7 Å². The zero-order chi connectivity index (χ0) is 23.0. The molecule has 0 aliphatic carbocycles. The molecular formula is C24H32N2O3S3. The molecule has 8 heteroatoms. The van der Waals surface area contributed by atoms with Crippen LogP contribution in [0, 0.1) is 5.92 Å². The fourth-order valence-electron chi connectivity index (χ4n) is 2.84. The number of nitrogens with one attached hydrogen (secondary N) is 1. The van der Waals surface area contributed by atoms with E-state index in [0.717, 1.165) is 29.1 Å². The van der Waals surface area contributed by atoms with Gasteiger partial charge in [-0.3, -0.25) is 9.59 Å². The summed E-state index contributed by atoms with van der Waals surface area (Å²) < 4.78 is 5.25. The molecule has 3 N–H and O–H groups in total. The first-order valence-electron chi connectivity index (χ1n) is 10.6. The van der Waals surface area contributed by atoms with Crippen molar-refractivity contribution in [1.29, 1.82) is 0 Å². The summed E-state index contributed by atoms with van der Waals surface area (Å²) in [7, 11) is 3.37. The number of amides is 1. The van der Waals surface area contributed by atoms with E-state index in [4.69, 9.17) is 10.5 Å². The van der Waals surface area contributed by atoms with Crippen LogP contribution in [0.15, 0.2) is 60.7 Å². The molecule has 0 aromatic heterocycles. The zero-order valence-electron chi connectivity index (χ0n) is 18.4. The molecule has 0 heterocycles. The average Bonchev–Trinajstić information content (AvgIpc) is 2.83. The molecule has 0 saturated carbocycles. The van der Waals surface area contributed by atoms with Crippen LogP contribution in [0.3, 0.4) is 0 Å². The molecule has 0 spiro atoms. The van der Waals surface area contributed by atoms with Gasteiger partial charge in [-0.15, -0.1) is 0 Å². The normalized spacial score (nSPS) is 12.7. The molecule has 32 heavy (non-hydrogen) atoms. The van der Waals surface area contributed by atoms with Crippen molar-refractivity contribution in [3.63, 3.8) is 0 Å². The van der Waals surface area contributed by atoms with Crippen molar-refractivity contribution in [2.75, 3.05) is 30.1 Å². The van der Waals surface area contributed by atoms with Gasteiger partial charge in [0.15, 0.2) is 0 Å². The number of carbonyl (C=O) groups excluding carboxylic acids is 2. The summed E-state index contributed by atoms with van der Waals surface area (Å²) in [5, 5.41) is 2.75. The summed E-state index contributed by atoms with van der Waals surface area (Å²) in [5.74, 6) is 1.76. The molecule has 0 aliphatic heterocycles. The summed E-state index contributed by atoms with van der Waals surface area (Å²) in [6.07, 6.45) is 3.70. The van der Waals surface area contributed by atoms with Gasteiger partial charge in [0.05, 0.1) is 5.92 Å². The fourth-order valence-corrected chi connectivity index (χ4v) is 5.94. The van der Waals surface area contributed by atoms with Crippen LogP contribution in [0.25, 0.3) is 0 Å². The molecule has 174 valence electrons. The number of hydrogen-bond acceptors (Lipinski definition) is 7. The minimum Gasteiger partial charge on any atom is -0.460 e. The summed E-state index contributed by atoms with van der Waals surface area (Å²) in [6.45, 7) is 0.0700. The molecule has 2 rings (SSSR count). The number of hydrogen-bond donors (Lipinski definition) is 2. The number of rotatable bonds is 15. The van der Waals surface area contributed by atoms with Crippen molar-refractivity contribution in [3.8, 4) is 0 Å². The van der Waals surface area contributed by atoms with Crippen LogP contribution in [-0.2, 0) is 27.4 Å². The topological polar surface area (TPSA) is 81.4 Å². The number of thioether (sulfide) groups is 1. The Kier molecular flexibility index (Phi) is 13.4. The molecule has 0 radical (unpaired) electrons. The Morgan fingerprint density at radius 1 is 0.969 bits per heavy atom. The highest BCUT2D eigenvalue weighted by Gasteiger charge is 2.20. The Hall–Kier alpha value is -1.61. The first-order valence-corrected chi connectivity index (χ1v) is 14.5. The maximum Gasteiger partial charge on any atom is 0.325 e. The second-order valence-corrected chi connectivity index (χ2v) is 10.9. The van der Waals surface area contributed by atoms with Crippen LogP contribution in [0.4, 0.5) is 0 Å². The second-order valence-electron chi connectivity index (χ2n) is 7.36. The first-order chi connectivity index (χ1) is 15.6. The van der Waals surface area contributed by atoms with Crippen LogP contribution in [0.2, 0.25) is 0 Å². The molecule has 2 aromatic rings. The molecule has 2 atom stereocenters. The number of esters is 1. The highest BCUT2D eigenvalue weighted by Crippen LogP contribution is 2.26. The summed E-state index contributed by atoms with van der Waals surface area (Å²) in [5.41, 5.74) is 8.15. The molecule has 0 saturated heterocycles. The third-order valence-corrected chi connectivity index (χ3v) is 7.90. The maximum atomic E-state index is 12.8. The van der Waals surface area contributed by atoms with Gasteiger partial charge in [-0.05, 0) is 36.0 Å². The molecule has 0 fully saturated rings. The SMILES string of the molecule is CSCC[C@H](N)CSSC[C@@H](Cc1ccccc1)C(=O)NCC(=O)OCc1ccccc1. The van der Waals surface area contributed by atoms with Gasteiger partial charge in [0.1, 0.15) is 13.2 Å². The Labute approximate surface area is 203 Å². The molecule has 2 aromatic carbocycles. The Morgan fingerprint density at radius 2 is 1.59 bits per heavy atom. The maximum absolute atomic E-state index is 12.8. The van der Waals surface area contributed by atoms with E-state index < -0.39 is 5.97 Å². The van der Waals surface area contributed by atoms with Crippen molar-refractivity contribution >= 4 is 45.2 Å². The van der Waals surface area contributed by atoms with Crippen molar-refractivity contribution in [2.45, 2.75) is 25.5 Å². The molecule has 5 nitrogen and oxygen atoms in total. The highest BCUT2D eigenvalue weighted by atomic mass is 33.1. The molecule has 1 amide bonds. The van der Waals surface area contributed by atoms with Crippen LogP contribution >= 0.6 is 33.3 Å². The lowest BCUT2D eigenvalue weighted by Crippen LogP contribution is -2.37. The van der Waals surface area contributed by atoms with Gasteiger partial charge in [0, 0.05) is 17.5 Å². The molecule has 0 bridgehead atoms. The van der Waals surface area contributed by atoms with E-state index in [0.29, 0.717) is 12.2 Å². The van der Waals surface area contributed by atoms with Crippen molar-refractivity contribution in [1.82, 2.24) is 5.32 Å². The predicted octanol–water partition coefficient (Wildman–Crippen LogP) is 4.17. The summed E-state index contributed by atoms with van der Waals surface area (Å²) in [6, 6.07) is 19.6. The Morgan fingerprint density at radius 3 is 2.25 bits per heavy atom. The van der Waals surface area contributed by atoms with E-state index in [1.54, 1.807) is 33.3 Å². The van der Waals surface area contributed by atoms with E-state index >= 15 is 0 Å². The van der Waals surface area contributed by atoms with Gasteiger partial charge in [0.25, 0.3) is 0 Å². The van der Waals surface area contributed by atoms with Gasteiger partial charge in [-0.25, -0.2) is 0 Å². The smallest absolute Gasteiger partial charge is 0.325 e. The predicted molar refractivity (Wildman–Crippen MR) is 139 cm³/mol. The van der Waals surface area contributed by atoms with Gasteiger partial charge in [-0.2, -0.15) is 11.8 Å². The quantitative estimate of drug-likeness (QED) is 0.219. The van der Waals surface area contributed by atoms with Crippen molar-refractivity contribution in [3.05, 3.63) is 71.8 Å². The van der Waals surface area contributed by atoms with Crippen LogP contribution in [0.1, 0.15) is 17.5 Å². The largest absolute Gasteiger partial charge is 0.460 e. The van der Waals surface area contributed by atoms with E-state index in [1.165, 1.54) is 0 Å². The molecular weight excluding hydrogens is 460 g/mol. The van der Waals surface area contributed by atoms with Crippen LogP contribution < -0.4 is 11.1 Å². The summed E-state index contributed by atoms with van der Waals surface area (Å²) in [4.78, 5) is 24.9. The molecule has 0 unspecified atom stereocenters. The Balaban J connectivity index is 1.79. The zero-order valence-corrected chi connectivity index (χ0v) is 20.9. The lowest BCUT2D eigenvalue weighted by atomic mass is 10.0. The third kappa shape index (κ3) is 11.3. The Bertz CT molecular complexity index is 794.